The van der Waals surface area contributed by atoms with Crippen molar-refractivity contribution in [2.45, 2.75) is 50.7 Å². The molecule has 2 aliphatic heterocycles. The topological polar surface area (TPSA) is 86.7 Å². The summed E-state index contributed by atoms with van der Waals surface area (Å²) in [6.45, 7) is 6.02. The van der Waals surface area contributed by atoms with Crippen molar-refractivity contribution >= 4 is 17.5 Å². The van der Waals surface area contributed by atoms with E-state index in [1.54, 1.807) is 4.90 Å². The van der Waals surface area contributed by atoms with E-state index in [0.717, 1.165) is 32.0 Å². The van der Waals surface area contributed by atoms with Crippen LogP contribution < -0.4 is 16.2 Å². The molecule has 0 spiro atoms. The Labute approximate surface area is 230 Å². The molecule has 2 unspecified atom stereocenters. The maximum Gasteiger partial charge on any atom is 0.266 e. The molecule has 0 radical (unpaired) electrons. The second-order valence-electron chi connectivity index (χ2n) is 12.2. The van der Waals surface area contributed by atoms with E-state index in [-0.39, 0.29) is 34.6 Å². The molecule has 8 nitrogen and oxygen atoms in total. The molecule has 6 rings (SSSR count). The van der Waals surface area contributed by atoms with E-state index in [2.05, 4.69) is 22.6 Å². The van der Waals surface area contributed by atoms with Crippen molar-refractivity contribution in [1.82, 2.24) is 19.7 Å². The lowest BCUT2D eigenvalue weighted by Gasteiger charge is -2.49. The van der Waals surface area contributed by atoms with E-state index in [1.165, 1.54) is 35.9 Å². The highest BCUT2D eigenvalue weighted by Gasteiger charge is 2.55. The highest BCUT2D eigenvalue weighted by atomic mass is 19.3. The van der Waals surface area contributed by atoms with Crippen LogP contribution in [-0.4, -0.2) is 65.4 Å². The number of carbonyl (C=O) groups excluding carboxylic acids is 2. The number of anilines is 1. The molecule has 2 saturated carbocycles. The SMILES string of the molecule is CC(NC(=O)c1cn(C2(C)CN(C(=O)C3CC3)C2)c(=O)cc1NC1[C@H]2CN(C)C[C@@H]12)c1cccc(C(F)F)c1F. The molecule has 4 atom stereocenters. The van der Waals surface area contributed by atoms with Crippen LogP contribution in [0.4, 0.5) is 18.9 Å². The molecule has 1 aromatic heterocycles. The van der Waals surface area contributed by atoms with E-state index >= 15 is 0 Å². The first-order valence-electron chi connectivity index (χ1n) is 13.8. The molecule has 40 heavy (non-hydrogen) atoms. The predicted octanol–water partition coefficient (Wildman–Crippen LogP) is 3.36. The van der Waals surface area contributed by atoms with Gasteiger partial charge in [-0.25, -0.2) is 13.2 Å². The molecular weight excluding hydrogens is 523 g/mol. The van der Waals surface area contributed by atoms with Gasteiger partial charge in [0.2, 0.25) is 5.91 Å². The van der Waals surface area contributed by atoms with Crippen LogP contribution in [-0.2, 0) is 10.3 Å². The van der Waals surface area contributed by atoms with Crippen LogP contribution in [0.1, 0.15) is 60.6 Å². The van der Waals surface area contributed by atoms with E-state index in [4.69, 9.17) is 0 Å². The van der Waals surface area contributed by atoms with Gasteiger partial charge in [-0.3, -0.25) is 14.4 Å². The quantitative estimate of drug-likeness (QED) is 0.520. The maximum absolute atomic E-state index is 14.8. The number of piperidine rings is 1. The van der Waals surface area contributed by atoms with Crippen LogP contribution in [0.15, 0.2) is 35.3 Å². The number of hydrogen-bond donors (Lipinski definition) is 2. The van der Waals surface area contributed by atoms with Gasteiger partial charge in [0.05, 0.1) is 28.4 Å². The first kappa shape index (κ1) is 26.9. The van der Waals surface area contributed by atoms with Crippen LogP contribution in [0.2, 0.25) is 0 Å². The summed E-state index contributed by atoms with van der Waals surface area (Å²) in [5, 5.41) is 6.15. The standard InChI is InChI=1S/C29H34F3N5O3/c1-15(17-5-4-6-18(24(17)30)26(31)32)33-27(39)21-12-37(29(2)13-36(14-29)28(40)16-7-8-16)23(38)9-22(21)34-25-19-10-35(3)11-20(19)25/h4-6,9,12,15-16,19-20,25-26,34H,7-8,10-11,13-14H2,1-3H3,(H,33,39)/t15?,19-,20+,25?. The minimum atomic E-state index is -2.98. The highest BCUT2D eigenvalue weighted by Crippen LogP contribution is 2.47. The van der Waals surface area contributed by atoms with Crippen molar-refractivity contribution in [3.8, 4) is 0 Å². The first-order valence-corrected chi connectivity index (χ1v) is 13.8. The Morgan fingerprint density at radius 1 is 1.10 bits per heavy atom. The molecule has 11 heteroatoms. The molecule has 0 bridgehead atoms. The van der Waals surface area contributed by atoms with E-state index < -0.39 is 35.3 Å². The number of likely N-dealkylation sites (tertiary alicyclic amines) is 2. The number of pyridine rings is 1. The fraction of sp³-hybridized carbons (Fsp3) is 0.552. The molecule has 2 amide bonds. The van der Waals surface area contributed by atoms with Gasteiger partial charge in [0.15, 0.2) is 0 Å². The molecule has 2 aromatic rings. The molecule has 2 aliphatic carbocycles. The minimum absolute atomic E-state index is 0.0473. The average molecular weight is 558 g/mol. The fourth-order valence-electron chi connectivity index (χ4n) is 6.48. The summed E-state index contributed by atoms with van der Waals surface area (Å²) in [6, 6.07) is 4.39. The van der Waals surface area contributed by atoms with Gasteiger partial charge in [-0.15, -0.1) is 0 Å². The van der Waals surface area contributed by atoms with Gasteiger partial charge in [-0.2, -0.15) is 0 Å². The van der Waals surface area contributed by atoms with Crippen LogP contribution in [0.5, 0.6) is 0 Å². The summed E-state index contributed by atoms with van der Waals surface area (Å²) in [6.07, 6.45) is 0.333. The number of amides is 2. The molecule has 214 valence electrons. The Morgan fingerprint density at radius 2 is 1.75 bits per heavy atom. The van der Waals surface area contributed by atoms with Gasteiger partial charge >= 0.3 is 0 Å². The molecule has 1 aromatic carbocycles. The zero-order valence-corrected chi connectivity index (χ0v) is 22.8. The Balaban J connectivity index is 1.28. The van der Waals surface area contributed by atoms with Gasteiger partial charge in [0.25, 0.3) is 17.9 Å². The maximum atomic E-state index is 14.8. The highest BCUT2D eigenvalue weighted by molar-refractivity contribution is 5.99. The average Bonchev–Trinajstić information content (AvgIpc) is 3.79. The Bertz CT molecular complexity index is 1410. The van der Waals surface area contributed by atoms with Gasteiger partial charge in [0, 0.05) is 56.0 Å². The van der Waals surface area contributed by atoms with E-state index in [0.29, 0.717) is 30.6 Å². The summed E-state index contributed by atoms with van der Waals surface area (Å²) >= 11 is 0. The molecule has 2 saturated heterocycles. The fourth-order valence-corrected chi connectivity index (χ4v) is 6.48. The summed E-state index contributed by atoms with van der Waals surface area (Å²) in [5.41, 5.74) is -1.12. The number of aromatic nitrogens is 1. The number of halogens is 3. The zero-order valence-electron chi connectivity index (χ0n) is 22.8. The number of nitrogens with zero attached hydrogens (tertiary/aromatic N) is 3. The van der Waals surface area contributed by atoms with E-state index in [1.807, 2.05) is 6.92 Å². The number of benzene rings is 1. The normalized spacial score (nSPS) is 25.8. The monoisotopic (exact) mass is 557 g/mol. The van der Waals surface area contributed by atoms with Crippen molar-refractivity contribution in [3.05, 3.63) is 63.3 Å². The van der Waals surface area contributed by atoms with Crippen LogP contribution in [0, 0.1) is 23.6 Å². The van der Waals surface area contributed by atoms with Crippen molar-refractivity contribution in [3.63, 3.8) is 0 Å². The molecule has 4 fully saturated rings. The van der Waals surface area contributed by atoms with Crippen LogP contribution in [0.3, 0.4) is 0 Å². The lowest BCUT2D eigenvalue weighted by Crippen LogP contribution is -2.65. The van der Waals surface area contributed by atoms with Crippen LogP contribution >= 0.6 is 0 Å². The van der Waals surface area contributed by atoms with Crippen molar-refractivity contribution in [2.24, 2.45) is 17.8 Å². The number of nitrogens with one attached hydrogen (secondary N) is 2. The predicted molar refractivity (Wildman–Crippen MR) is 143 cm³/mol. The second-order valence-corrected chi connectivity index (χ2v) is 12.2. The molecule has 3 heterocycles. The Hall–Kier alpha value is -3.34. The van der Waals surface area contributed by atoms with Gasteiger partial charge in [-0.1, -0.05) is 18.2 Å². The Morgan fingerprint density at radius 3 is 2.38 bits per heavy atom. The number of carbonyl (C=O) groups is 2. The third-order valence-corrected chi connectivity index (χ3v) is 8.99. The third kappa shape index (κ3) is 4.67. The van der Waals surface area contributed by atoms with Crippen molar-refractivity contribution in [1.29, 1.82) is 0 Å². The van der Waals surface area contributed by atoms with Crippen molar-refractivity contribution in [2.75, 3.05) is 38.5 Å². The lowest BCUT2D eigenvalue weighted by molar-refractivity contribution is -0.142. The Kier molecular flexibility index (Phi) is 6.47. The molecule has 2 N–H and O–H groups in total. The largest absolute Gasteiger partial charge is 0.381 e. The van der Waals surface area contributed by atoms with Gasteiger partial charge in [-0.05, 0) is 45.6 Å². The number of fused-ring (bicyclic) bond motifs is 1. The number of rotatable bonds is 8. The van der Waals surface area contributed by atoms with Gasteiger partial charge in [0.1, 0.15) is 5.82 Å². The zero-order chi connectivity index (χ0) is 28.5. The third-order valence-electron chi connectivity index (χ3n) is 8.99. The summed E-state index contributed by atoms with van der Waals surface area (Å²) in [5.74, 6) is -0.557. The van der Waals surface area contributed by atoms with Gasteiger partial charge < -0.3 is 25.0 Å². The minimum Gasteiger partial charge on any atom is -0.381 e. The number of hydrogen-bond acceptors (Lipinski definition) is 5. The summed E-state index contributed by atoms with van der Waals surface area (Å²) < 4.78 is 42.8. The summed E-state index contributed by atoms with van der Waals surface area (Å²) in [4.78, 5) is 43.5. The first-order chi connectivity index (χ1) is 19.0. The molecule has 4 aliphatic rings. The van der Waals surface area contributed by atoms with Crippen molar-refractivity contribution < 1.29 is 22.8 Å². The molecular formula is C29H34F3N5O3. The van der Waals surface area contributed by atoms with Crippen LogP contribution in [0.25, 0.3) is 0 Å². The second kappa shape index (κ2) is 9.64. The lowest BCUT2D eigenvalue weighted by atomic mass is 9.90. The summed E-state index contributed by atoms with van der Waals surface area (Å²) in [7, 11) is 2.06. The van der Waals surface area contributed by atoms with E-state index in [9.17, 15) is 27.6 Å². The number of alkyl halides is 2. The smallest absolute Gasteiger partial charge is 0.266 e.